The fraction of sp³-hybridized carbons (Fsp3) is 0.417. The summed E-state index contributed by atoms with van der Waals surface area (Å²) in [6.45, 7) is 2.89. The van der Waals surface area contributed by atoms with Crippen molar-refractivity contribution in [2.24, 2.45) is 5.92 Å². The van der Waals surface area contributed by atoms with E-state index in [1.54, 1.807) is 35.0 Å². The summed E-state index contributed by atoms with van der Waals surface area (Å²) in [6.07, 6.45) is 0. The Kier molecular flexibility index (Phi) is 7.22. The highest BCUT2D eigenvalue weighted by molar-refractivity contribution is 5.95. The molecule has 2 aromatic carbocycles. The predicted octanol–water partition coefficient (Wildman–Crippen LogP) is 3.19. The van der Waals surface area contributed by atoms with Gasteiger partial charge in [-0.15, -0.1) is 0 Å². The molecule has 1 aliphatic rings. The van der Waals surface area contributed by atoms with Crippen molar-refractivity contribution in [3.8, 4) is 17.2 Å². The number of hydrogen-bond donors (Lipinski definition) is 0. The molecule has 0 N–H and O–H groups in total. The molecule has 32 heavy (non-hydrogen) atoms. The van der Waals surface area contributed by atoms with Crippen molar-refractivity contribution in [3.05, 3.63) is 53.3 Å². The molecule has 0 bridgehead atoms. The van der Waals surface area contributed by atoms with Crippen molar-refractivity contribution in [1.29, 1.82) is 0 Å². The van der Waals surface area contributed by atoms with Crippen LogP contribution in [-0.4, -0.2) is 69.6 Å². The second kappa shape index (κ2) is 9.89. The minimum atomic E-state index is -0.581. The molecule has 8 heteroatoms. The first kappa shape index (κ1) is 23.4. The van der Waals surface area contributed by atoms with Gasteiger partial charge < -0.3 is 24.0 Å². The van der Waals surface area contributed by atoms with Crippen molar-refractivity contribution in [1.82, 2.24) is 9.80 Å². The summed E-state index contributed by atoms with van der Waals surface area (Å²) in [5.41, 5.74) is 0.777. The van der Waals surface area contributed by atoms with E-state index in [0.29, 0.717) is 23.8 Å². The summed E-state index contributed by atoms with van der Waals surface area (Å²) in [4.78, 5) is 29.5. The number of amides is 2. The van der Waals surface area contributed by atoms with Crippen LogP contribution in [0.25, 0.3) is 0 Å². The Bertz CT molecular complexity index is 971. The van der Waals surface area contributed by atoms with Gasteiger partial charge >= 0.3 is 0 Å². The summed E-state index contributed by atoms with van der Waals surface area (Å²) in [7, 11) is 6.30. The van der Waals surface area contributed by atoms with Crippen LogP contribution >= 0.6 is 0 Å². The van der Waals surface area contributed by atoms with E-state index >= 15 is 0 Å². The maximum atomic E-state index is 14.3. The SMILES string of the molecule is CCN(C)C(=O)C1CN(C(=O)c2ccccc2F)CC1c1cc(OC)c(OC)c(OC)c1. The van der Waals surface area contributed by atoms with Gasteiger partial charge in [-0.3, -0.25) is 9.59 Å². The molecule has 0 aromatic heterocycles. The fourth-order valence-corrected chi connectivity index (χ4v) is 4.12. The first-order valence-corrected chi connectivity index (χ1v) is 10.4. The monoisotopic (exact) mass is 444 g/mol. The number of hydrogen-bond acceptors (Lipinski definition) is 5. The molecule has 0 radical (unpaired) electrons. The topological polar surface area (TPSA) is 68.3 Å². The molecular formula is C24H29FN2O5. The minimum absolute atomic E-state index is 0.00640. The molecule has 0 saturated carbocycles. The Balaban J connectivity index is 2.03. The van der Waals surface area contributed by atoms with Crippen molar-refractivity contribution >= 4 is 11.8 Å². The number of carbonyl (C=O) groups excluding carboxylic acids is 2. The lowest BCUT2D eigenvalue weighted by molar-refractivity contribution is -0.133. The van der Waals surface area contributed by atoms with E-state index in [4.69, 9.17) is 14.2 Å². The largest absolute Gasteiger partial charge is 0.493 e. The molecule has 0 spiro atoms. The highest BCUT2D eigenvalue weighted by Gasteiger charge is 2.42. The van der Waals surface area contributed by atoms with Crippen molar-refractivity contribution in [3.63, 3.8) is 0 Å². The van der Waals surface area contributed by atoms with E-state index in [0.717, 1.165) is 5.56 Å². The molecule has 2 unspecified atom stereocenters. The average Bonchev–Trinajstić information content (AvgIpc) is 3.27. The third-order valence-corrected chi connectivity index (χ3v) is 5.99. The zero-order valence-corrected chi connectivity index (χ0v) is 19.1. The van der Waals surface area contributed by atoms with Gasteiger partial charge in [0.25, 0.3) is 5.91 Å². The lowest BCUT2D eigenvalue weighted by atomic mass is 9.87. The Morgan fingerprint density at radius 1 is 1.06 bits per heavy atom. The quantitative estimate of drug-likeness (QED) is 0.656. The lowest BCUT2D eigenvalue weighted by Gasteiger charge is -2.24. The molecule has 1 fully saturated rings. The van der Waals surface area contributed by atoms with Crippen LogP contribution in [0.5, 0.6) is 17.2 Å². The van der Waals surface area contributed by atoms with Gasteiger partial charge in [0.1, 0.15) is 5.82 Å². The van der Waals surface area contributed by atoms with Gasteiger partial charge in [-0.2, -0.15) is 0 Å². The molecule has 2 amide bonds. The van der Waals surface area contributed by atoms with Crippen molar-refractivity contribution < 1.29 is 28.2 Å². The van der Waals surface area contributed by atoms with E-state index in [1.165, 1.54) is 39.5 Å². The molecular weight excluding hydrogens is 415 g/mol. The maximum Gasteiger partial charge on any atom is 0.256 e. The number of rotatable bonds is 7. The Hall–Kier alpha value is -3.29. The number of nitrogens with zero attached hydrogens (tertiary/aromatic N) is 2. The molecule has 3 rings (SSSR count). The van der Waals surface area contributed by atoms with Crippen LogP contribution in [0.2, 0.25) is 0 Å². The Morgan fingerprint density at radius 2 is 1.69 bits per heavy atom. The Labute approximate surface area is 187 Å². The average molecular weight is 445 g/mol. The first-order chi connectivity index (χ1) is 15.4. The highest BCUT2D eigenvalue weighted by atomic mass is 19.1. The third-order valence-electron chi connectivity index (χ3n) is 5.99. The number of likely N-dealkylation sites (tertiary alicyclic amines) is 1. The van der Waals surface area contributed by atoms with Gasteiger partial charge in [0.2, 0.25) is 11.7 Å². The van der Waals surface area contributed by atoms with E-state index in [-0.39, 0.29) is 30.5 Å². The van der Waals surface area contributed by atoms with E-state index < -0.39 is 17.6 Å². The van der Waals surface area contributed by atoms with E-state index in [2.05, 4.69) is 0 Å². The van der Waals surface area contributed by atoms with E-state index in [1.807, 2.05) is 6.92 Å². The van der Waals surface area contributed by atoms with Gasteiger partial charge in [-0.1, -0.05) is 12.1 Å². The van der Waals surface area contributed by atoms with Gasteiger partial charge in [-0.25, -0.2) is 4.39 Å². The molecule has 1 aliphatic heterocycles. The zero-order chi connectivity index (χ0) is 23.4. The predicted molar refractivity (Wildman–Crippen MR) is 118 cm³/mol. The van der Waals surface area contributed by atoms with Crippen LogP contribution in [-0.2, 0) is 4.79 Å². The van der Waals surface area contributed by atoms with Crippen LogP contribution in [0.3, 0.4) is 0 Å². The van der Waals surface area contributed by atoms with Crippen LogP contribution in [0, 0.1) is 11.7 Å². The minimum Gasteiger partial charge on any atom is -0.493 e. The molecule has 2 atom stereocenters. The zero-order valence-electron chi connectivity index (χ0n) is 19.1. The number of halogens is 1. The summed E-state index contributed by atoms with van der Waals surface area (Å²) >= 11 is 0. The van der Waals surface area contributed by atoms with Crippen LogP contribution < -0.4 is 14.2 Å². The second-order valence-electron chi connectivity index (χ2n) is 7.71. The summed E-state index contributed by atoms with van der Waals surface area (Å²) in [5.74, 6) is -0.511. The third kappa shape index (κ3) is 4.35. The highest BCUT2D eigenvalue weighted by Crippen LogP contribution is 2.43. The molecule has 7 nitrogen and oxygen atoms in total. The van der Waals surface area contributed by atoms with Gasteiger partial charge in [0.05, 0.1) is 32.8 Å². The molecule has 1 heterocycles. The smallest absolute Gasteiger partial charge is 0.256 e. The first-order valence-electron chi connectivity index (χ1n) is 10.4. The van der Waals surface area contributed by atoms with Gasteiger partial charge in [-0.05, 0) is 36.8 Å². The number of ether oxygens (including phenoxy) is 3. The van der Waals surface area contributed by atoms with Crippen LogP contribution in [0.4, 0.5) is 4.39 Å². The summed E-state index contributed by atoms with van der Waals surface area (Å²) < 4.78 is 30.6. The standard InChI is InChI=1S/C24H29FN2O5/c1-6-26(2)23(28)18-14-27(24(29)16-9-7-8-10-19(16)25)13-17(18)15-11-20(30-3)22(32-5)21(12-15)31-4/h7-12,17-18H,6,13-14H2,1-5H3. The summed E-state index contributed by atoms with van der Waals surface area (Å²) in [6, 6.07) is 9.48. The van der Waals surface area contributed by atoms with Crippen LogP contribution in [0.1, 0.15) is 28.8 Å². The molecule has 2 aromatic rings. The van der Waals surface area contributed by atoms with Crippen molar-refractivity contribution in [2.45, 2.75) is 12.8 Å². The van der Waals surface area contributed by atoms with Crippen molar-refractivity contribution in [2.75, 3.05) is 48.0 Å². The van der Waals surface area contributed by atoms with E-state index in [9.17, 15) is 14.0 Å². The normalized spacial score (nSPS) is 17.8. The number of carbonyl (C=O) groups is 2. The second-order valence-corrected chi connectivity index (χ2v) is 7.71. The lowest BCUT2D eigenvalue weighted by Crippen LogP contribution is -2.37. The molecule has 172 valence electrons. The fourth-order valence-electron chi connectivity index (χ4n) is 4.12. The Morgan fingerprint density at radius 3 is 2.22 bits per heavy atom. The summed E-state index contributed by atoms with van der Waals surface area (Å²) in [5, 5.41) is 0. The maximum absolute atomic E-state index is 14.3. The molecule has 0 aliphatic carbocycles. The van der Waals surface area contributed by atoms with Gasteiger partial charge in [0.15, 0.2) is 11.5 Å². The van der Waals surface area contributed by atoms with Crippen LogP contribution in [0.15, 0.2) is 36.4 Å². The number of benzene rings is 2. The van der Waals surface area contributed by atoms with Gasteiger partial charge in [0, 0.05) is 32.6 Å². The molecule has 1 saturated heterocycles. The number of methoxy groups -OCH3 is 3.